The molecule has 1 saturated heterocycles. The van der Waals surface area contributed by atoms with Gasteiger partial charge in [-0.25, -0.2) is 0 Å². The summed E-state index contributed by atoms with van der Waals surface area (Å²) in [7, 11) is 1.38. The lowest BCUT2D eigenvalue weighted by molar-refractivity contribution is -0.145. The first-order valence-electron chi connectivity index (χ1n) is 5.14. The maximum absolute atomic E-state index is 11.3. The van der Waals surface area contributed by atoms with Crippen molar-refractivity contribution in [1.82, 2.24) is 0 Å². The zero-order valence-corrected chi connectivity index (χ0v) is 8.49. The van der Waals surface area contributed by atoms with Crippen molar-refractivity contribution in [2.45, 2.75) is 37.3 Å². The monoisotopic (exact) mass is 199 g/mol. The number of esters is 1. The Kier molecular flexibility index (Phi) is 2.49. The number of hydrogen-bond donors (Lipinski definition) is 1. The van der Waals surface area contributed by atoms with Crippen LogP contribution < -0.4 is 5.73 Å². The van der Waals surface area contributed by atoms with Crippen LogP contribution >= 0.6 is 0 Å². The Labute approximate surface area is 83.7 Å². The number of nitrogens with two attached hydrogens (primary N) is 1. The van der Waals surface area contributed by atoms with Gasteiger partial charge in [0.05, 0.1) is 12.7 Å². The fourth-order valence-corrected chi connectivity index (χ4v) is 2.19. The van der Waals surface area contributed by atoms with Gasteiger partial charge in [0.2, 0.25) is 0 Å². The summed E-state index contributed by atoms with van der Waals surface area (Å²) in [5, 5.41) is 0. The summed E-state index contributed by atoms with van der Waals surface area (Å²) >= 11 is 0. The van der Waals surface area contributed by atoms with Gasteiger partial charge in [0.15, 0.2) is 0 Å². The number of carbonyl (C=O) groups excluding carboxylic acids is 1. The molecule has 0 aromatic rings. The lowest BCUT2D eigenvalue weighted by Gasteiger charge is -2.32. The number of ether oxygens (including phenoxy) is 2. The van der Waals surface area contributed by atoms with Crippen LogP contribution in [-0.4, -0.2) is 31.3 Å². The summed E-state index contributed by atoms with van der Waals surface area (Å²) in [6.07, 6.45) is 4.04. The van der Waals surface area contributed by atoms with Gasteiger partial charge < -0.3 is 15.2 Å². The highest BCUT2D eigenvalue weighted by Crippen LogP contribution is 2.48. The standard InChI is InChI=1S/C10H17NO3/c1-13-9(12)8(11)7-2-5-14-10(6-7)3-4-10/h7-8H,2-6,11H2,1H3/t7-,8+/m0/s1. The third-order valence-electron chi connectivity index (χ3n) is 3.32. The number of carbonyl (C=O) groups is 1. The molecule has 2 atom stereocenters. The van der Waals surface area contributed by atoms with Crippen LogP contribution in [0.2, 0.25) is 0 Å². The minimum atomic E-state index is -0.471. The van der Waals surface area contributed by atoms with Gasteiger partial charge in [0.25, 0.3) is 0 Å². The van der Waals surface area contributed by atoms with E-state index in [0.717, 1.165) is 32.3 Å². The molecule has 4 nitrogen and oxygen atoms in total. The average molecular weight is 199 g/mol. The van der Waals surface area contributed by atoms with Crippen LogP contribution in [0.4, 0.5) is 0 Å². The third-order valence-corrected chi connectivity index (χ3v) is 3.32. The van der Waals surface area contributed by atoms with Crippen molar-refractivity contribution in [3.63, 3.8) is 0 Å². The van der Waals surface area contributed by atoms with Gasteiger partial charge in [0, 0.05) is 6.61 Å². The fourth-order valence-electron chi connectivity index (χ4n) is 2.19. The maximum Gasteiger partial charge on any atom is 0.322 e. The van der Waals surface area contributed by atoms with E-state index < -0.39 is 6.04 Å². The van der Waals surface area contributed by atoms with Gasteiger partial charge in [-0.2, -0.15) is 0 Å². The molecule has 1 aliphatic heterocycles. The molecule has 0 amide bonds. The summed E-state index contributed by atoms with van der Waals surface area (Å²) in [4.78, 5) is 11.3. The number of methoxy groups -OCH3 is 1. The summed E-state index contributed by atoms with van der Waals surface area (Å²) in [6.45, 7) is 0.732. The van der Waals surface area contributed by atoms with E-state index in [0.29, 0.717) is 0 Å². The van der Waals surface area contributed by atoms with Gasteiger partial charge in [-0.15, -0.1) is 0 Å². The molecule has 1 saturated carbocycles. The lowest BCUT2D eigenvalue weighted by Crippen LogP contribution is -2.44. The van der Waals surface area contributed by atoms with Gasteiger partial charge in [0.1, 0.15) is 6.04 Å². The summed E-state index contributed by atoms with van der Waals surface area (Å²) < 4.78 is 10.3. The van der Waals surface area contributed by atoms with Crippen molar-refractivity contribution in [1.29, 1.82) is 0 Å². The van der Waals surface area contributed by atoms with E-state index in [4.69, 9.17) is 10.5 Å². The molecule has 0 unspecified atom stereocenters. The molecule has 14 heavy (non-hydrogen) atoms. The van der Waals surface area contributed by atoms with Gasteiger partial charge in [-0.05, 0) is 31.6 Å². The number of hydrogen-bond acceptors (Lipinski definition) is 4. The molecule has 0 bridgehead atoms. The van der Waals surface area contributed by atoms with E-state index in [-0.39, 0.29) is 17.5 Å². The fraction of sp³-hybridized carbons (Fsp3) is 0.900. The topological polar surface area (TPSA) is 61.5 Å². The van der Waals surface area contributed by atoms with Crippen LogP contribution in [-0.2, 0) is 14.3 Å². The molecule has 2 N–H and O–H groups in total. The van der Waals surface area contributed by atoms with Crippen molar-refractivity contribution in [2.75, 3.05) is 13.7 Å². The minimum absolute atomic E-state index is 0.0779. The first-order valence-corrected chi connectivity index (χ1v) is 5.14. The lowest BCUT2D eigenvalue weighted by atomic mass is 9.88. The van der Waals surface area contributed by atoms with Crippen LogP contribution in [0.5, 0.6) is 0 Å². The summed E-state index contributed by atoms with van der Waals surface area (Å²) in [6, 6.07) is -0.471. The van der Waals surface area contributed by atoms with Crippen molar-refractivity contribution < 1.29 is 14.3 Å². The highest BCUT2D eigenvalue weighted by Gasteiger charge is 2.49. The predicted octanol–water partition coefficient (Wildman–Crippen LogP) is 0.446. The Morgan fingerprint density at radius 1 is 1.64 bits per heavy atom. The molecule has 2 aliphatic rings. The molecular weight excluding hydrogens is 182 g/mol. The van der Waals surface area contributed by atoms with Crippen LogP contribution in [0.3, 0.4) is 0 Å². The third kappa shape index (κ3) is 1.77. The highest BCUT2D eigenvalue weighted by atomic mass is 16.5. The van der Waals surface area contributed by atoms with E-state index in [2.05, 4.69) is 4.74 Å². The second-order valence-electron chi connectivity index (χ2n) is 4.33. The largest absolute Gasteiger partial charge is 0.468 e. The second-order valence-corrected chi connectivity index (χ2v) is 4.33. The summed E-state index contributed by atoms with van der Waals surface area (Å²) in [5.41, 5.74) is 5.90. The van der Waals surface area contributed by atoms with Crippen molar-refractivity contribution >= 4 is 5.97 Å². The van der Waals surface area contributed by atoms with E-state index in [9.17, 15) is 4.79 Å². The molecule has 80 valence electrons. The second kappa shape index (κ2) is 3.51. The highest BCUT2D eigenvalue weighted by molar-refractivity contribution is 5.75. The first kappa shape index (κ1) is 9.93. The molecule has 0 aromatic carbocycles. The van der Waals surface area contributed by atoms with Crippen molar-refractivity contribution in [3.8, 4) is 0 Å². The first-order chi connectivity index (χ1) is 6.67. The normalized spacial score (nSPS) is 31.1. The van der Waals surface area contributed by atoms with Crippen molar-refractivity contribution in [2.24, 2.45) is 11.7 Å². The quantitative estimate of drug-likeness (QED) is 0.656. The Hall–Kier alpha value is -0.610. The Bertz CT molecular complexity index is 238. The molecule has 4 heteroatoms. The van der Waals surface area contributed by atoms with E-state index >= 15 is 0 Å². The Morgan fingerprint density at radius 3 is 2.93 bits per heavy atom. The zero-order chi connectivity index (χ0) is 10.2. The van der Waals surface area contributed by atoms with Crippen LogP contribution in [0.1, 0.15) is 25.7 Å². The molecule has 2 fully saturated rings. The van der Waals surface area contributed by atoms with E-state index in [1.165, 1.54) is 7.11 Å². The van der Waals surface area contributed by atoms with Gasteiger partial charge in [-0.3, -0.25) is 4.79 Å². The van der Waals surface area contributed by atoms with E-state index in [1.54, 1.807) is 0 Å². The van der Waals surface area contributed by atoms with Crippen LogP contribution in [0.15, 0.2) is 0 Å². The molecule has 1 aliphatic carbocycles. The summed E-state index contributed by atoms with van der Waals surface area (Å²) in [5.74, 6) is -0.0635. The maximum atomic E-state index is 11.3. The van der Waals surface area contributed by atoms with Crippen LogP contribution in [0.25, 0.3) is 0 Å². The minimum Gasteiger partial charge on any atom is -0.468 e. The SMILES string of the molecule is COC(=O)[C@H](N)[C@H]1CCOC2(CC2)C1. The Morgan fingerprint density at radius 2 is 2.36 bits per heavy atom. The zero-order valence-electron chi connectivity index (χ0n) is 8.49. The average Bonchev–Trinajstić information content (AvgIpc) is 2.95. The molecule has 0 radical (unpaired) electrons. The predicted molar refractivity (Wildman–Crippen MR) is 50.6 cm³/mol. The van der Waals surface area contributed by atoms with Crippen molar-refractivity contribution in [3.05, 3.63) is 0 Å². The number of rotatable bonds is 2. The molecule has 1 heterocycles. The van der Waals surface area contributed by atoms with E-state index in [1.807, 2.05) is 0 Å². The van der Waals surface area contributed by atoms with Gasteiger partial charge in [-0.1, -0.05) is 0 Å². The van der Waals surface area contributed by atoms with Crippen LogP contribution in [0, 0.1) is 5.92 Å². The smallest absolute Gasteiger partial charge is 0.322 e. The van der Waals surface area contributed by atoms with Gasteiger partial charge >= 0.3 is 5.97 Å². The molecule has 1 spiro atoms. The molecular formula is C10H17NO3. The Balaban J connectivity index is 1.93. The molecule has 2 rings (SSSR count). The molecule has 0 aromatic heterocycles.